The smallest absolute Gasteiger partial charge is 0.213 e. The van der Waals surface area contributed by atoms with Gasteiger partial charge >= 0.3 is 0 Å². The quantitative estimate of drug-likeness (QED) is 0.569. The van der Waals surface area contributed by atoms with Gasteiger partial charge < -0.3 is 0 Å². The van der Waals surface area contributed by atoms with Gasteiger partial charge in [-0.1, -0.05) is 18.2 Å². The lowest BCUT2D eigenvalue weighted by atomic mass is 10.0. The zero-order valence-corrected chi connectivity index (χ0v) is 8.77. The van der Waals surface area contributed by atoms with Gasteiger partial charge in [-0.15, -0.1) is 0 Å². The van der Waals surface area contributed by atoms with Crippen LogP contribution in [0.5, 0.6) is 0 Å². The average Bonchev–Trinajstić information content (AvgIpc) is 2.29. The molecule has 0 radical (unpaired) electrons. The first-order valence-electron chi connectivity index (χ1n) is 4.88. The summed E-state index contributed by atoms with van der Waals surface area (Å²) in [6, 6.07) is 8.49. The molecule has 0 spiro atoms. The lowest BCUT2D eigenvalue weighted by Crippen LogP contribution is -1.88. The molecule has 0 saturated heterocycles. The van der Waals surface area contributed by atoms with E-state index in [0.717, 1.165) is 23.0 Å². The second-order valence-electron chi connectivity index (χ2n) is 3.56. The number of hydrogen-bond donors (Lipinski definition) is 0. The molecule has 0 N–H and O–H groups in total. The summed E-state index contributed by atoms with van der Waals surface area (Å²) < 4.78 is 12.9. The van der Waals surface area contributed by atoms with Crippen molar-refractivity contribution in [1.29, 1.82) is 0 Å². The molecule has 80 valence electrons. The Balaban J connectivity index is 2.49. The molecule has 0 fully saturated rings. The highest BCUT2D eigenvalue weighted by molar-refractivity contribution is 5.79. The van der Waals surface area contributed by atoms with Gasteiger partial charge in [-0.05, 0) is 29.7 Å². The van der Waals surface area contributed by atoms with E-state index in [1.807, 2.05) is 13.0 Å². The molecular formula is C13H10FNO. The van der Waals surface area contributed by atoms with Gasteiger partial charge in [0.15, 0.2) is 0 Å². The number of aromatic nitrogens is 1. The summed E-state index contributed by atoms with van der Waals surface area (Å²) >= 11 is 0. The molecular weight excluding hydrogens is 205 g/mol. The minimum Gasteiger partial charge on any atom is -0.298 e. The van der Waals surface area contributed by atoms with Gasteiger partial charge in [-0.25, -0.2) is 4.98 Å². The number of pyridine rings is 1. The Kier molecular flexibility index (Phi) is 2.77. The van der Waals surface area contributed by atoms with E-state index in [4.69, 9.17) is 0 Å². The third-order valence-electron chi connectivity index (χ3n) is 2.46. The fourth-order valence-corrected chi connectivity index (χ4v) is 1.57. The number of nitrogens with zero attached hydrogens (tertiary/aromatic N) is 1. The Morgan fingerprint density at radius 1 is 1.19 bits per heavy atom. The number of aryl methyl sites for hydroxylation is 1. The van der Waals surface area contributed by atoms with Crippen molar-refractivity contribution in [1.82, 2.24) is 4.98 Å². The molecule has 0 amide bonds. The predicted octanol–water partition coefficient (Wildman–Crippen LogP) is 3.01. The molecule has 2 nitrogen and oxygen atoms in total. The first-order chi connectivity index (χ1) is 7.70. The summed E-state index contributed by atoms with van der Waals surface area (Å²) in [4.78, 5) is 14.2. The lowest BCUT2D eigenvalue weighted by molar-refractivity contribution is 0.112. The first kappa shape index (κ1) is 10.5. The number of rotatable bonds is 2. The summed E-state index contributed by atoms with van der Waals surface area (Å²) in [5, 5.41) is 0. The van der Waals surface area contributed by atoms with Crippen LogP contribution < -0.4 is 0 Å². The summed E-state index contributed by atoms with van der Waals surface area (Å²) in [6.45, 7) is 1.85. The van der Waals surface area contributed by atoms with Crippen molar-refractivity contribution in [3.63, 3.8) is 0 Å². The van der Waals surface area contributed by atoms with Crippen LogP contribution in [0.2, 0.25) is 0 Å². The van der Waals surface area contributed by atoms with Crippen molar-refractivity contribution in [3.05, 3.63) is 53.6 Å². The molecule has 0 aliphatic heterocycles. The standard InChI is InChI=1S/C13H10FNO/c1-9-6-10(2-3-12(9)8-16)11-4-5-15-13(14)7-11/h2-8H,1H3. The molecule has 2 rings (SSSR count). The number of hydrogen-bond acceptors (Lipinski definition) is 2. The van der Waals surface area contributed by atoms with Gasteiger partial charge in [-0.3, -0.25) is 4.79 Å². The van der Waals surface area contributed by atoms with Crippen LogP contribution in [0.4, 0.5) is 4.39 Å². The van der Waals surface area contributed by atoms with Crippen molar-refractivity contribution in [3.8, 4) is 11.1 Å². The van der Waals surface area contributed by atoms with E-state index in [0.29, 0.717) is 5.56 Å². The van der Waals surface area contributed by atoms with Crippen molar-refractivity contribution >= 4 is 6.29 Å². The Morgan fingerprint density at radius 2 is 1.94 bits per heavy atom. The molecule has 0 bridgehead atoms. The first-order valence-corrected chi connectivity index (χ1v) is 4.88. The van der Waals surface area contributed by atoms with Crippen LogP contribution in [0, 0.1) is 12.9 Å². The molecule has 2 aromatic rings. The largest absolute Gasteiger partial charge is 0.298 e. The fraction of sp³-hybridized carbons (Fsp3) is 0.0769. The van der Waals surface area contributed by atoms with Gasteiger partial charge in [-0.2, -0.15) is 4.39 Å². The molecule has 3 heteroatoms. The van der Waals surface area contributed by atoms with Gasteiger partial charge in [0.05, 0.1) is 0 Å². The normalized spacial score (nSPS) is 10.1. The molecule has 0 atom stereocenters. The Labute approximate surface area is 92.8 Å². The number of benzene rings is 1. The minimum absolute atomic E-state index is 0.505. The third kappa shape index (κ3) is 1.98. The van der Waals surface area contributed by atoms with Gasteiger partial charge in [0.1, 0.15) is 6.29 Å². The maximum atomic E-state index is 12.9. The van der Waals surface area contributed by atoms with E-state index in [9.17, 15) is 9.18 Å². The Bertz CT molecular complexity index is 537. The molecule has 0 saturated carbocycles. The van der Waals surface area contributed by atoms with Crippen LogP contribution in [-0.2, 0) is 0 Å². The van der Waals surface area contributed by atoms with Crippen LogP contribution in [-0.4, -0.2) is 11.3 Å². The molecule has 1 aromatic heterocycles. The van der Waals surface area contributed by atoms with E-state index < -0.39 is 5.95 Å². The summed E-state index contributed by atoms with van der Waals surface area (Å²) in [5.41, 5.74) is 3.17. The van der Waals surface area contributed by atoms with Crippen LogP contribution in [0.15, 0.2) is 36.5 Å². The number of carbonyl (C=O) groups excluding carboxylic acids is 1. The van der Waals surface area contributed by atoms with Gasteiger partial charge in [0.25, 0.3) is 0 Å². The average molecular weight is 215 g/mol. The zero-order chi connectivity index (χ0) is 11.5. The molecule has 0 aliphatic carbocycles. The van der Waals surface area contributed by atoms with Crippen LogP contribution in [0.1, 0.15) is 15.9 Å². The topological polar surface area (TPSA) is 30.0 Å². The predicted molar refractivity (Wildman–Crippen MR) is 59.8 cm³/mol. The van der Waals surface area contributed by atoms with Gasteiger partial charge in [0.2, 0.25) is 5.95 Å². The van der Waals surface area contributed by atoms with E-state index in [2.05, 4.69) is 4.98 Å². The maximum absolute atomic E-state index is 12.9. The van der Waals surface area contributed by atoms with Crippen molar-refractivity contribution < 1.29 is 9.18 Å². The Hall–Kier alpha value is -2.03. The van der Waals surface area contributed by atoms with Gasteiger partial charge in [0, 0.05) is 17.8 Å². The van der Waals surface area contributed by atoms with Crippen LogP contribution in [0.3, 0.4) is 0 Å². The third-order valence-corrected chi connectivity index (χ3v) is 2.46. The molecule has 0 unspecified atom stereocenters. The van der Waals surface area contributed by atoms with Crippen molar-refractivity contribution in [2.24, 2.45) is 0 Å². The van der Waals surface area contributed by atoms with Crippen LogP contribution in [0.25, 0.3) is 11.1 Å². The summed E-state index contributed by atoms with van der Waals surface area (Å²) in [7, 11) is 0. The molecule has 16 heavy (non-hydrogen) atoms. The molecule has 0 aliphatic rings. The van der Waals surface area contributed by atoms with Crippen molar-refractivity contribution in [2.45, 2.75) is 6.92 Å². The van der Waals surface area contributed by atoms with E-state index in [-0.39, 0.29) is 0 Å². The lowest BCUT2D eigenvalue weighted by Gasteiger charge is -2.04. The second kappa shape index (κ2) is 4.23. The second-order valence-corrected chi connectivity index (χ2v) is 3.56. The highest BCUT2D eigenvalue weighted by Gasteiger charge is 2.02. The van der Waals surface area contributed by atoms with E-state index >= 15 is 0 Å². The van der Waals surface area contributed by atoms with Crippen LogP contribution >= 0.6 is 0 Å². The molecule has 1 aromatic carbocycles. The van der Waals surface area contributed by atoms with Crippen molar-refractivity contribution in [2.75, 3.05) is 0 Å². The SMILES string of the molecule is Cc1cc(-c2ccnc(F)c2)ccc1C=O. The maximum Gasteiger partial charge on any atom is 0.213 e. The number of halogens is 1. The highest BCUT2D eigenvalue weighted by atomic mass is 19.1. The zero-order valence-electron chi connectivity index (χ0n) is 8.77. The minimum atomic E-state index is -0.505. The monoisotopic (exact) mass is 215 g/mol. The number of aldehydes is 1. The Morgan fingerprint density at radius 3 is 2.56 bits per heavy atom. The summed E-state index contributed by atoms with van der Waals surface area (Å²) in [6.07, 6.45) is 2.24. The molecule has 1 heterocycles. The van der Waals surface area contributed by atoms with E-state index in [1.54, 1.807) is 18.2 Å². The fourth-order valence-electron chi connectivity index (χ4n) is 1.57. The number of carbonyl (C=O) groups is 1. The highest BCUT2D eigenvalue weighted by Crippen LogP contribution is 2.21. The summed E-state index contributed by atoms with van der Waals surface area (Å²) in [5.74, 6) is -0.505. The van der Waals surface area contributed by atoms with E-state index in [1.165, 1.54) is 12.3 Å².